The monoisotopic (exact) mass is 1060 g/mol. The maximum atomic E-state index is 13.1. The smallest absolute Gasteiger partial charge is 0.335 e. The first kappa shape index (κ1) is 69.7. The fourth-order valence-corrected chi connectivity index (χ4v) is 9.08. The van der Waals surface area contributed by atoms with Crippen molar-refractivity contribution in [2.45, 2.75) is 314 Å². The third kappa shape index (κ3) is 41.5. The maximum Gasteiger partial charge on any atom is 0.335 e. The van der Waals surface area contributed by atoms with Gasteiger partial charge in [0.25, 0.3) is 0 Å². The number of hydrogen-bond acceptors (Lipinski definition) is 11. The summed E-state index contributed by atoms with van der Waals surface area (Å²) in [6.45, 7) is 5.93. The van der Waals surface area contributed by atoms with E-state index in [1.807, 2.05) is 0 Å². The third-order valence-electron chi connectivity index (χ3n) is 13.8. The van der Waals surface area contributed by atoms with Gasteiger partial charge in [-0.05, 0) is 96.3 Å². The van der Waals surface area contributed by atoms with Crippen LogP contribution in [0.15, 0.2) is 48.6 Å². The van der Waals surface area contributed by atoms with E-state index >= 15 is 0 Å². The molecule has 3 N–H and O–H groups in total. The Labute approximate surface area is 456 Å². The maximum absolute atomic E-state index is 13.1. The van der Waals surface area contributed by atoms with Crippen molar-refractivity contribution in [1.29, 1.82) is 0 Å². The standard InChI is InChI=1S/C63H110O12/c1-4-7-10-13-16-19-22-24-26-28-30-32-35-37-40-43-46-49-55(64)71-52-54(73-56(65)50-47-44-41-38-34-21-18-15-12-9-6-3)53-72-63-61(59(68)58(67)60(75-63)62(69)70)74-57(66)51-48-45-42-39-36-33-31-29-27-25-23-20-17-14-11-8-5-2/h15,17-18,20,24-27,54,58-61,63,67-68H,4-14,16,19,21-23,28-53H2,1-3H3,(H,69,70)/b18-15-,20-17-,26-24-,27-25-. The van der Waals surface area contributed by atoms with E-state index in [9.17, 15) is 34.5 Å². The van der Waals surface area contributed by atoms with Crippen LogP contribution in [0, 0.1) is 0 Å². The molecule has 12 heteroatoms. The van der Waals surface area contributed by atoms with E-state index in [2.05, 4.69) is 69.4 Å². The molecule has 1 aliphatic rings. The number of allylic oxidation sites excluding steroid dienone is 8. The number of carbonyl (C=O) groups excluding carboxylic acids is 3. The molecule has 1 heterocycles. The fourth-order valence-electron chi connectivity index (χ4n) is 9.08. The molecular weight excluding hydrogens is 949 g/mol. The predicted molar refractivity (Wildman–Crippen MR) is 303 cm³/mol. The van der Waals surface area contributed by atoms with Gasteiger partial charge in [-0.3, -0.25) is 14.4 Å². The van der Waals surface area contributed by atoms with Crippen LogP contribution in [0.3, 0.4) is 0 Å². The van der Waals surface area contributed by atoms with Crippen molar-refractivity contribution >= 4 is 23.9 Å². The lowest BCUT2D eigenvalue weighted by Crippen LogP contribution is -2.61. The highest BCUT2D eigenvalue weighted by molar-refractivity contribution is 5.74. The van der Waals surface area contributed by atoms with Crippen LogP contribution < -0.4 is 0 Å². The second-order valence-electron chi connectivity index (χ2n) is 21.0. The number of aliphatic hydroxyl groups is 2. The van der Waals surface area contributed by atoms with Gasteiger partial charge in [0.2, 0.25) is 0 Å². The zero-order valence-corrected chi connectivity index (χ0v) is 47.8. The Bertz CT molecular complexity index is 1490. The van der Waals surface area contributed by atoms with E-state index in [0.717, 1.165) is 122 Å². The molecule has 1 saturated heterocycles. The second kappa shape index (κ2) is 51.4. The van der Waals surface area contributed by atoms with Gasteiger partial charge in [-0.15, -0.1) is 0 Å². The zero-order chi connectivity index (χ0) is 54.7. The van der Waals surface area contributed by atoms with Gasteiger partial charge in [-0.2, -0.15) is 0 Å². The number of carboxylic acids is 1. The highest BCUT2D eigenvalue weighted by Gasteiger charge is 2.50. The molecule has 1 aliphatic heterocycles. The third-order valence-corrected chi connectivity index (χ3v) is 13.8. The highest BCUT2D eigenvalue weighted by atomic mass is 16.7. The van der Waals surface area contributed by atoms with Crippen LogP contribution in [-0.4, -0.2) is 89.2 Å². The predicted octanol–water partition coefficient (Wildman–Crippen LogP) is 15.8. The average Bonchev–Trinajstić information content (AvgIpc) is 3.39. The Hall–Kier alpha value is -3.32. The molecule has 0 bridgehead atoms. The number of esters is 3. The largest absolute Gasteiger partial charge is 0.479 e. The number of unbranched alkanes of at least 4 members (excludes halogenated alkanes) is 30. The van der Waals surface area contributed by atoms with Crippen molar-refractivity contribution in [3.05, 3.63) is 48.6 Å². The van der Waals surface area contributed by atoms with Gasteiger partial charge in [0.15, 0.2) is 24.6 Å². The molecule has 0 aromatic heterocycles. The topological polar surface area (TPSA) is 175 Å². The van der Waals surface area contributed by atoms with Crippen LogP contribution in [0.4, 0.5) is 0 Å². The Kier molecular flexibility index (Phi) is 47.8. The van der Waals surface area contributed by atoms with Crippen LogP contribution in [0.1, 0.15) is 278 Å². The minimum atomic E-state index is -1.91. The zero-order valence-electron chi connectivity index (χ0n) is 47.8. The normalized spacial score (nSPS) is 18.4. The molecule has 434 valence electrons. The molecule has 6 unspecified atom stereocenters. The molecule has 1 fully saturated rings. The van der Waals surface area contributed by atoms with Gasteiger partial charge in [0.05, 0.1) is 6.61 Å². The summed E-state index contributed by atoms with van der Waals surface area (Å²) in [5.74, 6) is -3.13. The van der Waals surface area contributed by atoms with E-state index in [0.29, 0.717) is 19.3 Å². The van der Waals surface area contributed by atoms with E-state index < -0.39 is 67.3 Å². The number of carbonyl (C=O) groups is 4. The Morgan fingerprint density at radius 1 is 0.440 bits per heavy atom. The summed E-state index contributed by atoms with van der Waals surface area (Å²) in [5, 5.41) is 31.5. The number of carboxylic acid groups (broad SMARTS) is 1. The van der Waals surface area contributed by atoms with Crippen LogP contribution in [0.2, 0.25) is 0 Å². The van der Waals surface area contributed by atoms with Crippen molar-refractivity contribution < 1.29 is 58.2 Å². The second-order valence-corrected chi connectivity index (χ2v) is 21.0. The number of ether oxygens (including phenoxy) is 5. The van der Waals surface area contributed by atoms with Gasteiger partial charge < -0.3 is 39.0 Å². The Morgan fingerprint density at radius 2 is 0.813 bits per heavy atom. The molecule has 0 saturated carbocycles. The highest BCUT2D eigenvalue weighted by Crippen LogP contribution is 2.26. The molecule has 12 nitrogen and oxygen atoms in total. The lowest BCUT2D eigenvalue weighted by Gasteiger charge is -2.40. The first-order chi connectivity index (χ1) is 36.6. The SMILES string of the molecule is CCCC/C=C\CCCCCCCC(=O)OC(COC(=O)CCCCCCCCC/C=C\CCCCCCCC)COC1OC(C(=O)O)C(O)C(O)C1OC(=O)CCCCCCCCC/C=C\C/C=C\CCCCC. The van der Waals surface area contributed by atoms with Crippen molar-refractivity contribution in [2.75, 3.05) is 13.2 Å². The summed E-state index contributed by atoms with van der Waals surface area (Å²) in [6, 6.07) is 0. The fraction of sp³-hybridized carbons (Fsp3) is 0.810. The molecule has 75 heavy (non-hydrogen) atoms. The van der Waals surface area contributed by atoms with Crippen molar-refractivity contribution in [1.82, 2.24) is 0 Å². The Balaban J connectivity index is 2.65. The van der Waals surface area contributed by atoms with E-state index in [1.165, 1.54) is 96.3 Å². The lowest BCUT2D eigenvalue weighted by atomic mass is 9.98. The minimum Gasteiger partial charge on any atom is -0.479 e. The summed E-state index contributed by atoms with van der Waals surface area (Å²) in [5.41, 5.74) is 0. The first-order valence-corrected chi connectivity index (χ1v) is 30.6. The summed E-state index contributed by atoms with van der Waals surface area (Å²) in [4.78, 5) is 51.1. The minimum absolute atomic E-state index is 0.0514. The molecule has 0 radical (unpaired) electrons. The van der Waals surface area contributed by atoms with Crippen LogP contribution in [0.25, 0.3) is 0 Å². The summed E-state index contributed by atoms with van der Waals surface area (Å²) in [7, 11) is 0. The number of hydrogen-bond donors (Lipinski definition) is 3. The quantitative estimate of drug-likeness (QED) is 0.0228. The average molecular weight is 1060 g/mol. The number of aliphatic carboxylic acids is 1. The lowest BCUT2D eigenvalue weighted by molar-refractivity contribution is -0.301. The molecule has 6 atom stereocenters. The van der Waals surface area contributed by atoms with Crippen LogP contribution in [-0.2, 0) is 42.9 Å². The van der Waals surface area contributed by atoms with Gasteiger partial charge in [-0.25, -0.2) is 4.79 Å². The molecule has 1 rings (SSSR count). The summed E-state index contributed by atoms with van der Waals surface area (Å²) < 4.78 is 28.4. The molecule has 0 aromatic carbocycles. The van der Waals surface area contributed by atoms with Crippen molar-refractivity contribution in [3.63, 3.8) is 0 Å². The molecule has 0 amide bonds. The molecule has 0 aromatic rings. The van der Waals surface area contributed by atoms with Crippen molar-refractivity contribution in [2.24, 2.45) is 0 Å². The van der Waals surface area contributed by atoms with Gasteiger partial charge in [0, 0.05) is 19.3 Å². The number of aliphatic hydroxyl groups excluding tert-OH is 2. The molecule has 0 aliphatic carbocycles. The van der Waals surface area contributed by atoms with E-state index in [-0.39, 0.29) is 25.9 Å². The van der Waals surface area contributed by atoms with Gasteiger partial charge in [0.1, 0.15) is 18.8 Å². The van der Waals surface area contributed by atoms with E-state index in [4.69, 9.17) is 23.7 Å². The van der Waals surface area contributed by atoms with Crippen molar-refractivity contribution in [3.8, 4) is 0 Å². The van der Waals surface area contributed by atoms with Gasteiger partial charge in [-0.1, -0.05) is 211 Å². The van der Waals surface area contributed by atoms with E-state index in [1.54, 1.807) is 0 Å². The molecular formula is C63H110O12. The first-order valence-electron chi connectivity index (χ1n) is 30.6. The molecule has 0 spiro atoms. The summed E-state index contributed by atoms with van der Waals surface area (Å²) in [6.07, 6.45) is 49.3. The summed E-state index contributed by atoms with van der Waals surface area (Å²) >= 11 is 0. The number of rotatable bonds is 52. The van der Waals surface area contributed by atoms with Crippen LogP contribution >= 0.6 is 0 Å². The van der Waals surface area contributed by atoms with Crippen LogP contribution in [0.5, 0.6) is 0 Å². The van der Waals surface area contributed by atoms with Gasteiger partial charge >= 0.3 is 23.9 Å². The Morgan fingerprint density at radius 3 is 1.28 bits per heavy atom.